The van der Waals surface area contributed by atoms with Crippen LogP contribution in [0.25, 0.3) is 0 Å². The summed E-state index contributed by atoms with van der Waals surface area (Å²) >= 11 is 12.7. The molecule has 0 aromatic heterocycles. The standard InChI is InChI=1S/C25H26Cl2N2O/c1-15-10-12-29(13-11-15)25(30)21-7-3-6-19-17-4-2-5-18(17)23(28-24(19)21)20-9-8-16(26)14-22(20)27/h2-4,6-9,14-15,17-18,23,28H,5,10-13H2,1H3. The molecule has 2 aromatic carbocycles. The van der Waals surface area contributed by atoms with Gasteiger partial charge in [0.2, 0.25) is 0 Å². The molecule has 2 aromatic rings. The van der Waals surface area contributed by atoms with Crippen LogP contribution in [-0.2, 0) is 0 Å². The topological polar surface area (TPSA) is 32.3 Å². The van der Waals surface area contributed by atoms with E-state index in [0.29, 0.717) is 21.9 Å². The number of nitrogens with zero attached hydrogens (tertiary/aromatic N) is 1. The number of allylic oxidation sites excluding steroid dienone is 2. The van der Waals surface area contributed by atoms with Crippen LogP contribution in [0.2, 0.25) is 10.0 Å². The molecule has 3 unspecified atom stereocenters. The number of carbonyl (C=O) groups is 1. The minimum atomic E-state index is 0.0394. The first-order valence-electron chi connectivity index (χ1n) is 10.8. The predicted molar refractivity (Wildman–Crippen MR) is 124 cm³/mol. The molecule has 5 rings (SSSR count). The lowest BCUT2D eigenvalue weighted by Gasteiger charge is -2.39. The SMILES string of the molecule is CC1CCN(C(=O)c2cccc3c2NC(c2ccc(Cl)cc2Cl)C2CC=CC32)CC1. The lowest BCUT2D eigenvalue weighted by Crippen LogP contribution is -2.39. The van der Waals surface area contributed by atoms with Crippen LogP contribution in [0.1, 0.15) is 59.6 Å². The van der Waals surface area contributed by atoms with E-state index < -0.39 is 0 Å². The molecule has 3 aliphatic rings. The van der Waals surface area contributed by atoms with Crippen LogP contribution in [0.5, 0.6) is 0 Å². The summed E-state index contributed by atoms with van der Waals surface area (Å²) < 4.78 is 0. The largest absolute Gasteiger partial charge is 0.377 e. The Hall–Kier alpha value is -1.97. The Morgan fingerprint density at radius 1 is 1.10 bits per heavy atom. The van der Waals surface area contributed by atoms with Gasteiger partial charge in [0.25, 0.3) is 5.91 Å². The van der Waals surface area contributed by atoms with Crippen molar-refractivity contribution in [3.8, 4) is 0 Å². The molecule has 0 radical (unpaired) electrons. The highest BCUT2D eigenvalue weighted by Crippen LogP contribution is 2.51. The Morgan fingerprint density at radius 3 is 2.67 bits per heavy atom. The summed E-state index contributed by atoms with van der Waals surface area (Å²) in [5, 5.41) is 5.03. The predicted octanol–water partition coefficient (Wildman–Crippen LogP) is 6.69. The summed E-state index contributed by atoms with van der Waals surface area (Å²) in [6, 6.07) is 11.9. The quantitative estimate of drug-likeness (QED) is 0.527. The summed E-state index contributed by atoms with van der Waals surface area (Å²) in [7, 11) is 0. The number of hydrogen-bond donors (Lipinski definition) is 1. The first-order chi connectivity index (χ1) is 14.5. The molecule has 3 nitrogen and oxygen atoms in total. The molecule has 1 aliphatic carbocycles. The molecule has 30 heavy (non-hydrogen) atoms. The van der Waals surface area contributed by atoms with Gasteiger partial charge in [-0.25, -0.2) is 0 Å². The van der Waals surface area contributed by atoms with Crippen LogP contribution in [0.3, 0.4) is 0 Å². The molecular formula is C25H26Cl2N2O. The number of anilines is 1. The van der Waals surface area contributed by atoms with Crippen molar-refractivity contribution in [2.24, 2.45) is 11.8 Å². The van der Waals surface area contributed by atoms with Gasteiger partial charge in [0.05, 0.1) is 17.3 Å². The van der Waals surface area contributed by atoms with Crippen molar-refractivity contribution >= 4 is 34.8 Å². The number of halogens is 2. The molecule has 1 fully saturated rings. The molecule has 0 bridgehead atoms. The van der Waals surface area contributed by atoms with Crippen LogP contribution < -0.4 is 5.32 Å². The molecule has 0 saturated carbocycles. The minimum Gasteiger partial charge on any atom is -0.377 e. The number of rotatable bonds is 2. The van der Waals surface area contributed by atoms with E-state index in [1.807, 2.05) is 29.2 Å². The van der Waals surface area contributed by atoms with Crippen molar-refractivity contribution in [3.05, 3.63) is 75.3 Å². The van der Waals surface area contributed by atoms with Crippen molar-refractivity contribution in [3.63, 3.8) is 0 Å². The Labute approximate surface area is 188 Å². The summed E-state index contributed by atoms with van der Waals surface area (Å²) in [5.41, 5.74) is 3.99. The van der Waals surface area contributed by atoms with Gasteiger partial charge in [0, 0.05) is 29.1 Å². The molecule has 156 valence electrons. The van der Waals surface area contributed by atoms with E-state index in [0.717, 1.165) is 49.2 Å². The molecular weight excluding hydrogens is 415 g/mol. The average molecular weight is 441 g/mol. The first-order valence-corrected chi connectivity index (χ1v) is 11.6. The third-order valence-corrected chi connectivity index (χ3v) is 7.56. The zero-order valence-corrected chi connectivity index (χ0v) is 18.6. The van der Waals surface area contributed by atoms with Crippen molar-refractivity contribution in [2.45, 2.75) is 38.1 Å². The van der Waals surface area contributed by atoms with Crippen LogP contribution in [-0.4, -0.2) is 23.9 Å². The van der Waals surface area contributed by atoms with E-state index >= 15 is 0 Å². The van der Waals surface area contributed by atoms with Crippen molar-refractivity contribution in [2.75, 3.05) is 18.4 Å². The molecule has 5 heteroatoms. The maximum absolute atomic E-state index is 13.4. The normalized spacial score (nSPS) is 25.6. The summed E-state index contributed by atoms with van der Waals surface area (Å²) in [6.07, 6.45) is 7.68. The smallest absolute Gasteiger partial charge is 0.255 e. The summed E-state index contributed by atoms with van der Waals surface area (Å²) in [5.74, 6) is 1.48. The molecule has 3 atom stereocenters. The van der Waals surface area contributed by atoms with E-state index in [-0.39, 0.29) is 17.9 Å². The highest BCUT2D eigenvalue weighted by molar-refractivity contribution is 6.35. The van der Waals surface area contributed by atoms with E-state index in [9.17, 15) is 4.79 Å². The van der Waals surface area contributed by atoms with Crippen molar-refractivity contribution in [1.82, 2.24) is 4.90 Å². The third-order valence-electron chi connectivity index (χ3n) is 7.00. The number of para-hydroxylation sites is 1. The monoisotopic (exact) mass is 440 g/mol. The lowest BCUT2D eigenvalue weighted by molar-refractivity contribution is 0.0698. The van der Waals surface area contributed by atoms with Gasteiger partial charge in [0.1, 0.15) is 0 Å². The molecule has 1 saturated heterocycles. The number of carbonyl (C=O) groups excluding carboxylic acids is 1. The van der Waals surface area contributed by atoms with Crippen LogP contribution >= 0.6 is 23.2 Å². The Kier molecular flexibility index (Phi) is 5.28. The van der Waals surface area contributed by atoms with Crippen LogP contribution in [0.15, 0.2) is 48.6 Å². The fourth-order valence-corrected chi connectivity index (χ4v) is 5.77. The second-order valence-corrected chi connectivity index (χ2v) is 9.73. The fourth-order valence-electron chi connectivity index (χ4n) is 5.24. The molecule has 1 amide bonds. The van der Waals surface area contributed by atoms with Crippen molar-refractivity contribution < 1.29 is 4.79 Å². The number of nitrogens with one attached hydrogen (secondary N) is 1. The van der Waals surface area contributed by atoms with E-state index in [1.54, 1.807) is 6.07 Å². The van der Waals surface area contributed by atoms with Gasteiger partial charge >= 0.3 is 0 Å². The minimum absolute atomic E-state index is 0.0394. The average Bonchev–Trinajstić information content (AvgIpc) is 3.23. The zero-order valence-electron chi connectivity index (χ0n) is 17.1. The van der Waals surface area contributed by atoms with Crippen LogP contribution in [0.4, 0.5) is 5.69 Å². The molecule has 0 spiro atoms. The van der Waals surface area contributed by atoms with Gasteiger partial charge < -0.3 is 10.2 Å². The van der Waals surface area contributed by atoms with Gasteiger partial charge in [-0.1, -0.05) is 60.5 Å². The van der Waals surface area contributed by atoms with Gasteiger partial charge in [-0.3, -0.25) is 4.79 Å². The highest BCUT2D eigenvalue weighted by atomic mass is 35.5. The second-order valence-electron chi connectivity index (χ2n) is 8.89. The number of amides is 1. The van der Waals surface area contributed by atoms with Gasteiger partial charge in [-0.15, -0.1) is 0 Å². The molecule has 2 heterocycles. The number of likely N-dealkylation sites (tertiary alicyclic amines) is 1. The lowest BCUT2D eigenvalue weighted by atomic mass is 9.76. The molecule has 2 aliphatic heterocycles. The van der Waals surface area contributed by atoms with Gasteiger partial charge in [0.15, 0.2) is 0 Å². The second kappa shape index (κ2) is 7.94. The first kappa shape index (κ1) is 20.0. The number of benzene rings is 2. The number of hydrogen-bond acceptors (Lipinski definition) is 2. The van der Waals surface area contributed by atoms with E-state index in [2.05, 4.69) is 30.5 Å². The number of piperidine rings is 1. The maximum Gasteiger partial charge on any atom is 0.255 e. The zero-order chi connectivity index (χ0) is 20.8. The molecule has 1 N–H and O–H groups in total. The van der Waals surface area contributed by atoms with Gasteiger partial charge in [-0.05, 0) is 60.4 Å². The van der Waals surface area contributed by atoms with Crippen molar-refractivity contribution in [1.29, 1.82) is 0 Å². The third kappa shape index (κ3) is 3.42. The van der Waals surface area contributed by atoms with E-state index in [4.69, 9.17) is 23.2 Å². The van der Waals surface area contributed by atoms with Crippen LogP contribution in [0, 0.1) is 11.8 Å². The summed E-state index contributed by atoms with van der Waals surface area (Å²) in [4.78, 5) is 15.5. The number of fused-ring (bicyclic) bond motifs is 3. The van der Waals surface area contributed by atoms with Gasteiger partial charge in [-0.2, -0.15) is 0 Å². The Balaban J connectivity index is 1.54. The maximum atomic E-state index is 13.4. The summed E-state index contributed by atoms with van der Waals surface area (Å²) in [6.45, 7) is 3.94. The highest BCUT2D eigenvalue weighted by Gasteiger charge is 2.40. The fraction of sp³-hybridized carbons (Fsp3) is 0.400. The Bertz CT molecular complexity index is 1010. The van der Waals surface area contributed by atoms with E-state index in [1.165, 1.54) is 5.56 Å². The Morgan fingerprint density at radius 2 is 1.90 bits per heavy atom.